The quantitative estimate of drug-likeness (QED) is 0.544. The molecule has 0 aliphatic carbocycles. The number of nitrogens with zero attached hydrogens (tertiary/aromatic N) is 2. The van der Waals surface area contributed by atoms with Gasteiger partial charge in [-0.05, 0) is 42.8 Å². The third-order valence-electron chi connectivity index (χ3n) is 4.63. The van der Waals surface area contributed by atoms with Crippen LogP contribution in [0.5, 0.6) is 5.75 Å². The second kappa shape index (κ2) is 5.96. The maximum absolute atomic E-state index is 12.9. The zero-order chi connectivity index (χ0) is 18.4. The van der Waals surface area contributed by atoms with E-state index in [-0.39, 0.29) is 30.0 Å². The standard InChI is InChI=1S/C19H16N2O5/c1-10(23)14-6-17-18-12(4-11-5-13(24)2-3-16(11)20-18)7-21(17)19(25)15(14)8-26-9-22/h2-6,9-10,23-24H,7-8H2,1H3/t10-/m1/s1. The Labute approximate surface area is 148 Å². The van der Waals surface area contributed by atoms with Gasteiger partial charge in [0.05, 0.1) is 35.1 Å². The van der Waals surface area contributed by atoms with E-state index in [4.69, 9.17) is 4.74 Å². The lowest BCUT2D eigenvalue weighted by Gasteiger charge is -2.14. The molecule has 0 bridgehead atoms. The molecule has 3 heterocycles. The number of fused-ring (bicyclic) bond motifs is 4. The molecule has 1 atom stereocenters. The summed E-state index contributed by atoms with van der Waals surface area (Å²) in [4.78, 5) is 28.0. The van der Waals surface area contributed by atoms with E-state index < -0.39 is 6.10 Å². The van der Waals surface area contributed by atoms with Crippen molar-refractivity contribution in [3.8, 4) is 17.1 Å². The van der Waals surface area contributed by atoms with Gasteiger partial charge in [-0.2, -0.15) is 0 Å². The van der Waals surface area contributed by atoms with Crippen molar-refractivity contribution in [2.24, 2.45) is 0 Å². The molecule has 4 rings (SSSR count). The summed E-state index contributed by atoms with van der Waals surface area (Å²) < 4.78 is 6.32. The molecule has 1 aliphatic rings. The zero-order valence-electron chi connectivity index (χ0n) is 14.0. The first-order valence-corrected chi connectivity index (χ1v) is 8.12. The Morgan fingerprint density at radius 3 is 2.88 bits per heavy atom. The predicted molar refractivity (Wildman–Crippen MR) is 93.7 cm³/mol. The fourth-order valence-corrected chi connectivity index (χ4v) is 3.42. The number of hydrogen-bond acceptors (Lipinski definition) is 6. The van der Waals surface area contributed by atoms with Gasteiger partial charge < -0.3 is 19.5 Å². The molecule has 7 nitrogen and oxygen atoms in total. The van der Waals surface area contributed by atoms with E-state index in [1.54, 1.807) is 35.8 Å². The van der Waals surface area contributed by atoms with E-state index in [0.29, 0.717) is 29.0 Å². The highest BCUT2D eigenvalue weighted by Crippen LogP contribution is 2.34. The van der Waals surface area contributed by atoms with Crippen molar-refractivity contribution in [2.45, 2.75) is 26.2 Å². The fourth-order valence-electron chi connectivity index (χ4n) is 3.42. The Bertz CT molecular complexity index is 1100. The van der Waals surface area contributed by atoms with Gasteiger partial charge in [0.15, 0.2) is 0 Å². The van der Waals surface area contributed by atoms with Crippen molar-refractivity contribution in [1.29, 1.82) is 0 Å². The van der Waals surface area contributed by atoms with E-state index in [1.165, 1.54) is 0 Å². The second-order valence-electron chi connectivity index (χ2n) is 6.31. The van der Waals surface area contributed by atoms with Gasteiger partial charge in [-0.25, -0.2) is 4.98 Å². The molecule has 2 N–H and O–H groups in total. The minimum Gasteiger partial charge on any atom is -0.508 e. The normalized spacial score (nSPS) is 13.3. The minimum absolute atomic E-state index is 0.150. The van der Waals surface area contributed by atoms with E-state index in [9.17, 15) is 19.8 Å². The molecule has 0 saturated carbocycles. The fraction of sp³-hybridized carbons (Fsp3) is 0.211. The van der Waals surface area contributed by atoms with Crippen LogP contribution in [0, 0.1) is 0 Å². The van der Waals surface area contributed by atoms with Crippen LogP contribution in [0.25, 0.3) is 22.3 Å². The van der Waals surface area contributed by atoms with Crippen molar-refractivity contribution in [3.63, 3.8) is 0 Å². The molecule has 132 valence electrons. The van der Waals surface area contributed by atoms with Crippen LogP contribution in [0.15, 0.2) is 35.1 Å². The van der Waals surface area contributed by atoms with Crippen LogP contribution in [0.2, 0.25) is 0 Å². The maximum Gasteiger partial charge on any atom is 0.293 e. The Morgan fingerprint density at radius 1 is 1.35 bits per heavy atom. The van der Waals surface area contributed by atoms with Crippen LogP contribution in [0.1, 0.15) is 29.7 Å². The number of aliphatic hydroxyl groups is 1. The summed E-state index contributed by atoms with van der Waals surface area (Å²) in [5.41, 5.74) is 3.20. The van der Waals surface area contributed by atoms with Crippen LogP contribution < -0.4 is 5.56 Å². The van der Waals surface area contributed by atoms with Gasteiger partial charge in [-0.1, -0.05) is 0 Å². The summed E-state index contributed by atoms with van der Waals surface area (Å²) in [6.45, 7) is 1.97. The van der Waals surface area contributed by atoms with Gasteiger partial charge in [0.2, 0.25) is 0 Å². The number of aromatic nitrogens is 2. The van der Waals surface area contributed by atoms with Gasteiger partial charge >= 0.3 is 0 Å². The van der Waals surface area contributed by atoms with Crippen molar-refractivity contribution >= 4 is 17.4 Å². The lowest BCUT2D eigenvalue weighted by Crippen LogP contribution is -2.26. The van der Waals surface area contributed by atoms with Crippen LogP contribution >= 0.6 is 0 Å². The number of phenolic OH excluding ortho intramolecular Hbond substituents is 1. The number of aromatic hydroxyl groups is 1. The molecule has 0 saturated heterocycles. The highest BCUT2D eigenvalue weighted by atomic mass is 16.5. The Kier molecular flexibility index (Phi) is 3.73. The summed E-state index contributed by atoms with van der Waals surface area (Å²) >= 11 is 0. The smallest absolute Gasteiger partial charge is 0.293 e. The number of carbonyl (C=O) groups is 1. The van der Waals surface area contributed by atoms with E-state index >= 15 is 0 Å². The van der Waals surface area contributed by atoms with Crippen LogP contribution in [0.4, 0.5) is 0 Å². The number of pyridine rings is 2. The first kappa shape index (κ1) is 16.3. The lowest BCUT2D eigenvalue weighted by molar-refractivity contribution is -0.129. The molecular formula is C19H16N2O5. The molecule has 0 spiro atoms. The van der Waals surface area contributed by atoms with Gasteiger partial charge in [-0.3, -0.25) is 9.59 Å². The third-order valence-corrected chi connectivity index (χ3v) is 4.63. The molecule has 26 heavy (non-hydrogen) atoms. The second-order valence-corrected chi connectivity index (χ2v) is 6.31. The molecule has 2 aromatic heterocycles. The van der Waals surface area contributed by atoms with E-state index in [2.05, 4.69) is 4.98 Å². The Morgan fingerprint density at radius 2 is 2.15 bits per heavy atom. The molecule has 1 aromatic carbocycles. The molecule has 3 aromatic rings. The number of ether oxygens (including phenoxy) is 1. The molecule has 0 amide bonds. The predicted octanol–water partition coefficient (Wildman–Crippen LogP) is 1.86. The Balaban J connectivity index is 1.94. The minimum atomic E-state index is -0.889. The number of rotatable bonds is 4. The molecular weight excluding hydrogens is 336 g/mol. The van der Waals surface area contributed by atoms with Crippen LogP contribution in [-0.2, 0) is 22.7 Å². The topological polar surface area (TPSA) is 102 Å². The highest BCUT2D eigenvalue weighted by Gasteiger charge is 2.26. The van der Waals surface area contributed by atoms with Gasteiger partial charge in [0, 0.05) is 10.9 Å². The highest BCUT2D eigenvalue weighted by molar-refractivity contribution is 5.85. The molecule has 7 heteroatoms. The zero-order valence-corrected chi connectivity index (χ0v) is 14.0. The number of carbonyl (C=O) groups excluding carboxylic acids is 1. The van der Waals surface area contributed by atoms with Crippen LogP contribution in [0.3, 0.4) is 0 Å². The monoisotopic (exact) mass is 352 g/mol. The SMILES string of the molecule is C[C@@H](O)c1cc2n(c(=O)c1COC=O)Cc1cc3cc(O)ccc3nc1-2. The lowest BCUT2D eigenvalue weighted by atomic mass is 10.0. The van der Waals surface area contributed by atoms with Gasteiger partial charge in [0.25, 0.3) is 12.0 Å². The largest absolute Gasteiger partial charge is 0.508 e. The number of aliphatic hydroxyl groups excluding tert-OH is 1. The third kappa shape index (κ3) is 2.44. The number of benzene rings is 1. The number of phenols is 1. The van der Waals surface area contributed by atoms with Crippen molar-refractivity contribution in [1.82, 2.24) is 9.55 Å². The Hall–Kier alpha value is -3.19. The maximum atomic E-state index is 12.9. The van der Waals surface area contributed by atoms with Gasteiger partial charge in [0.1, 0.15) is 12.4 Å². The van der Waals surface area contributed by atoms with E-state index in [0.717, 1.165) is 10.9 Å². The number of hydrogen-bond donors (Lipinski definition) is 2. The molecule has 0 fully saturated rings. The molecule has 1 aliphatic heterocycles. The average molecular weight is 352 g/mol. The first-order valence-electron chi connectivity index (χ1n) is 8.12. The summed E-state index contributed by atoms with van der Waals surface area (Å²) in [7, 11) is 0. The van der Waals surface area contributed by atoms with Crippen molar-refractivity contribution in [3.05, 3.63) is 57.4 Å². The van der Waals surface area contributed by atoms with E-state index in [1.807, 2.05) is 6.07 Å². The summed E-state index contributed by atoms with van der Waals surface area (Å²) in [5, 5.41) is 20.5. The summed E-state index contributed by atoms with van der Waals surface area (Å²) in [5.74, 6) is 0.150. The summed E-state index contributed by atoms with van der Waals surface area (Å²) in [6.07, 6.45) is -0.889. The van der Waals surface area contributed by atoms with Gasteiger partial charge in [-0.15, -0.1) is 0 Å². The average Bonchev–Trinajstić information content (AvgIpc) is 2.96. The first-order chi connectivity index (χ1) is 12.5. The molecule has 0 radical (unpaired) electrons. The van der Waals surface area contributed by atoms with Crippen LogP contribution in [-0.4, -0.2) is 26.2 Å². The summed E-state index contributed by atoms with van der Waals surface area (Å²) in [6, 6.07) is 8.52. The molecule has 0 unspecified atom stereocenters. The van der Waals surface area contributed by atoms with Crippen molar-refractivity contribution < 1.29 is 19.7 Å². The van der Waals surface area contributed by atoms with Crippen molar-refractivity contribution in [2.75, 3.05) is 0 Å².